The van der Waals surface area contributed by atoms with Gasteiger partial charge in [0.05, 0.1) is 12.3 Å². The predicted molar refractivity (Wildman–Crippen MR) is 115 cm³/mol. The molecule has 1 fully saturated rings. The van der Waals surface area contributed by atoms with Crippen LogP contribution in [0.1, 0.15) is 38.1 Å². The van der Waals surface area contributed by atoms with Crippen LogP contribution in [0.25, 0.3) is 11.4 Å². The van der Waals surface area contributed by atoms with Crippen LogP contribution in [0.4, 0.5) is 10.5 Å². The summed E-state index contributed by atoms with van der Waals surface area (Å²) >= 11 is 5.95. The Kier molecular flexibility index (Phi) is 6.18. The Labute approximate surface area is 180 Å². The Morgan fingerprint density at radius 2 is 2.03 bits per heavy atom. The molecule has 0 saturated carbocycles. The predicted octanol–water partition coefficient (Wildman–Crippen LogP) is 5.55. The topological polar surface area (TPSA) is 80.5 Å². The quantitative estimate of drug-likeness (QED) is 0.578. The molecule has 0 bridgehead atoms. The summed E-state index contributed by atoms with van der Waals surface area (Å²) < 4.78 is 11.2. The van der Waals surface area contributed by atoms with Gasteiger partial charge in [0.1, 0.15) is 11.8 Å². The minimum Gasteiger partial charge on any atom is -0.492 e. The third-order valence-electron chi connectivity index (χ3n) is 5.02. The molecule has 4 rings (SSSR count). The normalized spacial score (nSPS) is 16.3. The van der Waals surface area contributed by atoms with E-state index in [1.807, 2.05) is 43.3 Å². The number of hydrogen-bond donors (Lipinski definition) is 1. The highest BCUT2D eigenvalue weighted by Crippen LogP contribution is 2.33. The van der Waals surface area contributed by atoms with E-state index in [0.717, 1.165) is 24.8 Å². The lowest BCUT2D eigenvalue weighted by atomic mass is 10.0. The van der Waals surface area contributed by atoms with Crippen LogP contribution >= 0.6 is 11.6 Å². The number of amides is 2. The van der Waals surface area contributed by atoms with E-state index in [-0.39, 0.29) is 12.1 Å². The standard InChI is InChI=1S/C22H23ClN4O3/c1-2-29-19-9-4-3-7-17(19)24-22(28)27-14-6-5-8-18(27)21-25-20(26-30-21)15-10-12-16(23)13-11-15/h3-4,7,9-13,18H,2,5-6,8,14H2,1H3,(H,24,28). The summed E-state index contributed by atoms with van der Waals surface area (Å²) in [5, 5.41) is 7.71. The Bertz CT molecular complexity index is 1010. The van der Waals surface area contributed by atoms with Crippen molar-refractivity contribution in [3.05, 3.63) is 59.4 Å². The fourth-order valence-electron chi connectivity index (χ4n) is 3.56. The van der Waals surface area contributed by atoms with Crippen LogP contribution in [0.2, 0.25) is 5.02 Å². The third-order valence-corrected chi connectivity index (χ3v) is 5.27. The maximum Gasteiger partial charge on any atom is 0.322 e. The number of hydrogen-bond acceptors (Lipinski definition) is 5. The molecule has 1 unspecified atom stereocenters. The minimum absolute atomic E-state index is 0.210. The average molecular weight is 427 g/mol. The zero-order valence-electron chi connectivity index (χ0n) is 16.7. The highest BCUT2D eigenvalue weighted by molar-refractivity contribution is 6.30. The molecule has 0 aliphatic carbocycles. The highest BCUT2D eigenvalue weighted by Gasteiger charge is 2.32. The molecule has 1 aliphatic heterocycles. The molecule has 8 heteroatoms. The Balaban J connectivity index is 1.53. The number of rotatable bonds is 5. The number of para-hydroxylation sites is 2. The first-order valence-electron chi connectivity index (χ1n) is 10.0. The number of aromatic nitrogens is 2. The van der Waals surface area contributed by atoms with Crippen molar-refractivity contribution in [3.63, 3.8) is 0 Å². The zero-order valence-corrected chi connectivity index (χ0v) is 17.4. The van der Waals surface area contributed by atoms with Gasteiger partial charge >= 0.3 is 6.03 Å². The molecule has 2 aromatic carbocycles. The molecule has 156 valence electrons. The molecular formula is C22H23ClN4O3. The van der Waals surface area contributed by atoms with Crippen molar-refractivity contribution in [2.45, 2.75) is 32.2 Å². The molecule has 1 aromatic heterocycles. The molecule has 0 radical (unpaired) electrons. The lowest BCUT2D eigenvalue weighted by Crippen LogP contribution is -2.41. The number of carbonyl (C=O) groups is 1. The van der Waals surface area contributed by atoms with Crippen molar-refractivity contribution < 1.29 is 14.1 Å². The maximum absolute atomic E-state index is 13.1. The number of ether oxygens (including phenoxy) is 1. The van der Waals surface area contributed by atoms with E-state index in [4.69, 9.17) is 20.9 Å². The van der Waals surface area contributed by atoms with Gasteiger partial charge in [-0.3, -0.25) is 0 Å². The van der Waals surface area contributed by atoms with E-state index >= 15 is 0 Å². The van der Waals surface area contributed by atoms with Gasteiger partial charge < -0.3 is 19.5 Å². The molecule has 2 amide bonds. The van der Waals surface area contributed by atoms with Gasteiger partial charge in [-0.25, -0.2) is 4.79 Å². The van der Waals surface area contributed by atoms with Gasteiger partial charge in [-0.1, -0.05) is 28.9 Å². The van der Waals surface area contributed by atoms with Crippen LogP contribution < -0.4 is 10.1 Å². The van der Waals surface area contributed by atoms with Gasteiger partial charge in [-0.05, 0) is 62.6 Å². The number of carbonyl (C=O) groups excluding carboxylic acids is 1. The largest absolute Gasteiger partial charge is 0.492 e. The van der Waals surface area contributed by atoms with Crippen LogP contribution in [-0.4, -0.2) is 34.2 Å². The first-order valence-corrected chi connectivity index (χ1v) is 10.4. The van der Waals surface area contributed by atoms with E-state index in [2.05, 4.69) is 15.5 Å². The Hall–Kier alpha value is -3.06. The second-order valence-corrected chi connectivity index (χ2v) is 7.46. The number of nitrogens with one attached hydrogen (secondary N) is 1. The summed E-state index contributed by atoms with van der Waals surface area (Å²) in [6, 6.07) is 14.2. The van der Waals surface area contributed by atoms with E-state index in [9.17, 15) is 4.79 Å². The second-order valence-electron chi connectivity index (χ2n) is 7.03. The summed E-state index contributed by atoms with van der Waals surface area (Å²) in [5.74, 6) is 1.56. The van der Waals surface area contributed by atoms with Gasteiger partial charge in [0.15, 0.2) is 0 Å². The van der Waals surface area contributed by atoms with Crippen LogP contribution in [0.15, 0.2) is 53.1 Å². The number of urea groups is 1. The van der Waals surface area contributed by atoms with Gasteiger partial charge in [-0.15, -0.1) is 0 Å². The van der Waals surface area contributed by atoms with Crippen LogP contribution in [0, 0.1) is 0 Å². The van der Waals surface area contributed by atoms with E-state index in [1.54, 1.807) is 17.0 Å². The zero-order chi connectivity index (χ0) is 20.9. The van der Waals surface area contributed by atoms with Crippen molar-refractivity contribution in [1.82, 2.24) is 15.0 Å². The monoisotopic (exact) mass is 426 g/mol. The smallest absolute Gasteiger partial charge is 0.322 e. The molecule has 30 heavy (non-hydrogen) atoms. The van der Waals surface area contributed by atoms with E-state index < -0.39 is 0 Å². The average Bonchev–Trinajstić information content (AvgIpc) is 3.26. The molecule has 7 nitrogen and oxygen atoms in total. The lowest BCUT2D eigenvalue weighted by molar-refractivity contribution is 0.142. The minimum atomic E-state index is -0.272. The molecule has 3 aromatic rings. The van der Waals surface area contributed by atoms with Gasteiger partial charge in [-0.2, -0.15) is 4.98 Å². The van der Waals surface area contributed by atoms with Gasteiger partial charge in [0.2, 0.25) is 11.7 Å². The molecule has 0 spiro atoms. The number of anilines is 1. The molecule has 1 atom stereocenters. The maximum atomic E-state index is 13.1. The second kappa shape index (κ2) is 9.17. The first-order chi connectivity index (χ1) is 14.7. The summed E-state index contributed by atoms with van der Waals surface area (Å²) in [6.45, 7) is 3.05. The van der Waals surface area contributed by atoms with Crippen LogP contribution in [0.5, 0.6) is 5.75 Å². The number of halogens is 1. The van der Waals surface area contributed by atoms with Crippen molar-refractivity contribution in [2.24, 2.45) is 0 Å². The van der Waals surface area contributed by atoms with E-state index in [0.29, 0.717) is 41.3 Å². The Morgan fingerprint density at radius 1 is 1.23 bits per heavy atom. The van der Waals surface area contributed by atoms with Gasteiger partial charge in [0, 0.05) is 17.1 Å². The number of nitrogens with zero attached hydrogens (tertiary/aromatic N) is 3. The van der Waals surface area contributed by atoms with E-state index in [1.165, 1.54) is 0 Å². The third kappa shape index (κ3) is 4.41. The van der Waals surface area contributed by atoms with Crippen molar-refractivity contribution >= 4 is 23.3 Å². The first kappa shape index (κ1) is 20.2. The highest BCUT2D eigenvalue weighted by atomic mass is 35.5. The fraction of sp³-hybridized carbons (Fsp3) is 0.318. The summed E-state index contributed by atoms with van der Waals surface area (Å²) in [4.78, 5) is 19.4. The fourth-order valence-corrected chi connectivity index (χ4v) is 3.68. The molecular weight excluding hydrogens is 404 g/mol. The number of piperidine rings is 1. The molecule has 1 N–H and O–H groups in total. The molecule has 1 saturated heterocycles. The Morgan fingerprint density at radius 3 is 2.83 bits per heavy atom. The van der Waals surface area contributed by atoms with Crippen LogP contribution in [-0.2, 0) is 0 Å². The summed E-state index contributed by atoms with van der Waals surface area (Å²) in [6.07, 6.45) is 2.68. The molecule has 2 heterocycles. The number of benzene rings is 2. The van der Waals surface area contributed by atoms with Crippen LogP contribution in [0.3, 0.4) is 0 Å². The lowest BCUT2D eigenvalue weighted by Gasteiger charge is -2.33. The van der Waals surface area contributed by atoms with Crippen molar-refractivity contribution in [2.75, 3.05) is 18.5 Å². The van der Waals surface area contributed by atoms with Gasteiger partial charge in [0.25, 0.3) is 0 Å². The summed E-state index contributed by atoms with van der Waals surface area (Å²) in [5.41, 5.74) is 1.45. The van der Waals surface area contributed by atoms with Crippen molar-refractivity contribution in [3.8, 4) is 17.1 Å². The SMILES string of the molecule is CCOc1ccccc1NC(=O)N1CCCCC1c1nc(-c2ccc(Cl)cc2)no1. The van der Waals surface area contributed by atoms with Crippen molar-refractivity contribution in [1.29, 1.82) is 0 Å². The number of likely N-dealkylation sites (tertiary alicyclic amines) is 1. The summed E-state index contributed by atoms with van der Waals surface area (Å²) in [7, 11) is 0. The molecule has 1 aliphatic rings.